The van der Waals surface area contributed by atoms with Crippen LogP contribution in [0.2, 0.25) is 0 Å². The lowest BCUT2D eigenvalue weighted by atomic mass is 10.6. The van der Waals surface area contributed by atoms with Crippen LogP contribution in [0, 0.1) is 10.1 Å². The summed E-state index contributed by atoms with van der Waals surface area (Å²) >= 11 is 0. The molecule has 0 aliphatic carbocycles. The highest BCUT2D eigenvalue weighted by Gasteiger charge is 2.22. The molecule has 0 aromatic carbocycles. The molecule has 15 heavy (non-hydrogen) atoms. The van der Waals surface area contributed by atoms with Gasteiger partial charge in [-0.2, -0.15) is 0 Å². The molecule has 0 saturated heterocycles. The lowest BCUT2D eigenvalue weighted by molar-refractivity contribution is -0.391. The molecule has 1 aromatic rings. The Morgan fingerprint density at radius 3 is 2.87 bits per heavy atom. The first-order valence-electron chi connectivity index (χ1n) is 3.73. The molecule has 0 aliphatic rings. The molecule has 1 aromatic heterocycles. The molecular weight excluding hydrogens is 206 g/mol. The third kappa shape index (κ3) is 2.07. The molecule has 0 aliphatic heterocycles. The zero-order valence-electron chi connectivity index (χ0n) is 7.63. The number of nitro groups is 1. The zero-order chi connectivity index (χ0) is 11.4. The van der Waals surface area contributed by atoms with Gasteiger partial charge in [0, 0.05) is 0 Å². The van der Waals surface area contributed by atoms with Crippen LogP contribution in [0.15, 0.2) is 6.20 Å². The van der Waals surface area contributed by atoms with Crippen molar-refractivity contribution in [3.8, 4) is 0 Å². The van der Waals surface area contributed by atoms with E-state index in [1.54, 1.807) is 0 Å². The van der Waals surface area contributed by atoms with Gasteiger partial charge in [-0.15, -0.1) is 0 Å². The van der Waals surface area contributed by atoms with E-state index < -0.39 is 10.8 Å². The summed E-state index contributed by atoms with van der Waals surface area (Å²) < 4.78 is 1.00. The number of hydrogen-bond donors (Lipinski definition) is 2. The van der Waals surface area contributed by atoms with Crippen molar-refractivity contribution < 1.29 is 14.5 Å². The second kappa shape index (κ2) is 4.17. The van der Waals surface area contributed by atoms with Crippen LogP contribution in [-0.4, -0.2) is 26.8 Å². The normalized spacial score (nSPS) is 9.40. The number of carbonyl (C=O) groups excluding carboxylic acids is 2. The summed E-state index contributed by atoms with van der Waals surface area (Å²) in [4.78, 5) is 34.4. The number of hydrazine groups is 1. The largest absolute Gasteiger partial charge is 0.358 e. The SMILES string of the molecule is Cn1c([N+](=O)[O-])cnc1C(=O)NNC=O. The van der Waals surface area contributed by atoms with Crippen molar-refractivity contribution in [2.45, 2.75) is 0 Å². The van der Waals surface area contributed by atoms with Gasteiger partial charge in [-0.05, 0) is 4.92 Å². The Morgan fingerprint density at radius 2 is 2.40 bits per heavy atom. The van der Waals surface area contributed by atoms with Crippen molar-refractivity contribution in [1.29, 1.82) is 0 Å². The van der Waals surface area contributed by atoms with E-state index in [4.69, 9.17) is 0 Å². The second-order valence-corrected chi connectivity index (χ2v) is 2.47. The summed E-state index contributed by atoms with van der Waals surface area (Å²) in [5.74, 6) is -1.22. The minimum atomic E-state index is -0.738. The Morgan fingerprint density at radius 1 is 1.73 bits per heavy atom. The van der Waals surface area contributed by atoms with Gasteiger partial charge in [-0.25, -0.2) is 9.55 Å². The lowest BCUT2D eigenvalue weighted by Gasteiger charge is -1.99. The molecule has 2 amide bonds. The molecule has 0 unspecified atom stereocenters. The van der Waals surface area contributed by atoms with E-state index in [-0.39, 0.29) is 18.1 Å². The minimum absolute atomic E-state index is 0.170. The first kappa shape index (κ1) is 10.6. The third-order valence-corrected chi connectivity index (χ3v) is 1.60. The van der Waals surface area contributed by atoms with Gasteiger partial charge in [-0.3, -0.25) is 20.4 Å². The average molecular weight is 213 g/mol. The highest BCUT2D eigenvalue weighted by atomic mass is 16.6. The number of carbonyl (C=O) groups is 2. The Bertz CT molecular complexity index is 412. The van der Waals surface area contributed by atoms with Crippen molar-refractivity contribution in [2.24, 2.45) is 7.05 Å². The van der Waals surface area contributed by atoms with Crippen LogP contribution in [0.3, 0.4) is 0 Å². The molecule has 80 valence electrons. The zero-order valence-corrected chi connectivity index (χ0v) is 7.63. The van der Waals surface area contributed by atoms with Crippen LogP contribution in [0.25, 0.3) is 0 Å². The molecule has 0 fully saturated rings. The summed E-state index contributed by atoms with van der Waals surface area (Å²) in [5.41, 5.74) is 3.89. The van der Waals surface area contributed by atoms with Crippen LogP contribution in [0.5, 0.6) is 0 Å². The van der Waals surface area contributed by atoms with E-state index >= 15 is 0 Å². The van der Waals surface area contributed by atoms with Crippen molar-refractivity contribution in [3.05, 3.63) is 22.1 Å². The van der Waals surface area contributed by atoms with Crippen LogP contribution in [-0.2, 0) is 11.8 Å². The number of hydrogen-bond acceptors (Lipinski definition) is 5. The van der Waals surface area contributed by atoms with Crippen molar-refractivity contribution >= 4 is 18.1 Å². The van der Waals surface area contributed by atoms with Crippen molar-refractivity contribution in [1.82, 2.24) is 20.4 Å². The number of aromatic nitrogens is 2. The lowest BCUT2D eigenvalue weighted by Crippen LogP contribution is -2.37. The molecule has 0 saturated carbocycles. The van der Waals surface area contributed by atoms with Gasteiger partial charge in [0.25, 0.3) is 5.82 Å². The van der Waals surface area contributed by atoms with E-state index in [1.165, 1.54) is 7.05 Å². The third-order valence-electron chi connectivity index (χ3n) is 1.60. The second-order valence-electron chi connectivity index (χ2n) is 2.47. The standard InChI is InChI=1S/C6H7N5O4/c1-10-4(11(14)15)2-7-5(10)6(13)9-8-3-12/h2-3H,1H3,(H,8,12)(H,9,13). The van der Waals surface area contributed by atoms with E-state index in [0.29, 0.717) is 0 Å². The van der Waals surface area contributed by atoms with Crippen LogP contribution >= 0.6 is 0 Å². The van der Waals surface area contributed by atoms with Gasteiger partial charge >= 0.3 is 11.7 Å². The van der Waals surface area contributed by atoms with Gasteiger partial charge in [-0.1, -0.05) is 0 Å². The Kier molecular flexibility index (Phi) is 2.96. The van der Waals surface area contributed by atoms with E-state index in [0.717, 1.165) is 10.8 Å². The molecule has 1 rings (SSSR count). The maximum Gasteiger partial charge on any atom is 0.343 e. The molecule has 9 heteroatoms. The summed E-state index contributed by atoms with van der Waals surface area (Å²) in [6, 6.07) is 0. The van der Waals surface area contributed by atoms with Crippen LogP contribution in [0.4, 0.5) is 5.82 Å². The van der Waals surface area contributed by atoms with Gasteiger partial charge in [0.05, 0.1) is 7.05 Å². The summed E-state index contributed by atoms with van der Waals surface area (Å²) in [6.07, 6.45) is 1.21. The van der Waals surface area contributed by atoms with Crippen molar-refractivity contribution in [2.75, 3.05) is 0 Å². The monoisotopic (exact) mass is 213 g/mol. The molecule has 0 radical (unpaired) electrons. The van der Waals surface area contributed by atoms with Gasteiger partial charge in [0.15, 0.2) is 0 Å². The Labute approximate surface area is 83.2 Å². The predicted molar refractivity (Wildman–Crippen MR) is 46.5 cm³/mol. The highest BCUT2D eigenvalue weighted by molar-refractivity contribution is 5.91. The summed E-state index contributed by atoms with van der Waals surface area (Å²) in [7, 11) is 1.32. The Hall–Kier alpha value is -2.45. The van der Waals surface area contributed by atoms with Gasteiger partial charge in [0.1, 0.15) is 6.20 Å². The van der Waals surface area contributed by atoms with Crippen molar-refractivity contribution in [3.63, 3.8) is 0 Å². The fourth-order valence-electron chi connectivity index (χ4n) is 0.932. The fourth-order valence-corrected chi connectivity index (χ4v) is 0.932. The van der Waals surface area contributed by atoms with Gasteiger partial charge in [0.2, 0.25) is 6.41 Å². The first-order valence-corrected chi connectivity index (χ1v) is 3.73. The Balaban J connectivity index is 2.91. The molecule has 1 heterocycles. The van der Waals surface area contributed by atoms with Crippen LogP contribution in [0.1, 0.15) is 10.6 Å². The number of rotatable bonds is 4. The number of nitrogens with one attached hydrogen (secondary N) is 2. The van der Waals surface area contributed by atoms with Gasteiger partial charge < -0.3 is 10.1 Å². The summed E-state index contributed by atoms with van der Waals surface area (Å²) in [5, 5.41) is 10.4. The number of imidazole rings is 1. The average Bonchev–Trinajstić information content (AvgIpc) is 2.56. The van der Waals surface area contributed by atoms with E-state index in [1.807, 2.05) is 10.9 Å². The maximum absolute atomic E-state index is 11.2. The summed E-state index contributed by atoms with van der Waals surface area (Å²) in [6.45, 7) is 0. The number of nitrogens with zero attached hydrogens (tertiary/aromatic N) is 3. The molecule has 0 spiro atoms. The minimum Gasteiger partial charge on any atom is -0.358 e. The van der Waals surface area contributed by atoms with E-state index in [2.05, 4.69) is 4.98 Å². The maximum atomic E-state index is 11.2. The van der Waals surface area contributed by atoms with Crippen LogP contribution < -0.4 is 10.9 Å². The predicted octanol–water partition coefficient (Wildman–Crippen LogP) is -1.28. The first-order chi connectivity index (χ1) is 7.07. The van der Waals surface area contributed by atoms with E-state index in [9.17, 15) is 19.7 Å². The number of amides is 2. The topological polar surface area (TPSA) is 119 Å². The molecule has 2 N–H and O–H groups in total. The fraction of sp³-hybridized carbons (Fsp3) is 0.167. The molecule has 0 atom stereocenters. The molecule has 0 bridgehead atoms. The molecule has 9 nitrogen and oxygen atoms in total. The molecular formula is C6H7N5O4. The smallest absolute Gasteiger partial charge is 0.343 e. The quantitative estimate of drug-likeness (QED) is 0.366. The highest BCUT2D eigenvalue weighted by Crippen LogP contribution is 2.10.